The lowest BCUT2D eigenvalue weighted by atomic mass is 10.0. The molecule has 1 aromatic rings. The van der Waals surface area contributed by atoms with Gasteiger partial charge in [-0.05, 0) is 35.0 Å². The van der Waals surface area contributed by atoms with Crippen LogP contribution in [0.5, 0.6) is 0 Å². The molecule has 0 aliphatic heterocycles. The Bertz CT molecular complexity index is 529. The van der Waals surface area contributed by atoms with E-state index in [1.807, 2.05) is 20.1 Å². The molecule has 0 atom stereocenters. The van der Waals surface area contributed by atoms with E-state index in [-0.39, 0.29) is 26.7 Å². The van der Waals surface area contributed by atoms with Gasteiger partial charge in [-0.1, -0.05) is 13.8 Å². The van der Waals surface area contributed by atoms with Crippen LogP contribution in [-0.4, -0.2) is 31.1 Å². The first kappa shape index (κ1) is 18.0. The lowest BCUT2D eigenvalue weighted by Gasteiger charge is -2.29. The molecule has 2 N–H and O–H groups in total. The van der Waals surface area contributed by atoms with Crippen LogP contribution in [0.1, 0.15) is 32.4 Å². The van der Waals surface area contributed by atoms with Gasteiger partial charge in [0.2, 0.25) is 10.0 Å². The molecule has 1 aromatic heterocycles. The van der Waals surface area contributed by atoms with Gasteiger partial charge in [0.15, 0.2) is 4.67 Å². The van der Waals surface area contributed by atoms with Crippen molar-refractivity contribution in [1.29, 1.82) is 0 Å². The minimum Gasteiger partial charge on any atom is -0.450 e. The fourth-order valence-electron chi connectivity index (χ4n) is 1.82. The SMILES string of the molecule is CCC(CC)(CNS(=O)(=O)c1cc(CO)oc1Br)SC. The van der Waals surface area contributed by atoms with E-state index in [0.717, 1.165) is 12.8 Å². The predicted octanol–water partition coefficient (Wildman–Crippen LogP) is 2.73. The first-order valence-corrected chi connectivity index (χ1v) is 9.78. The fraction of sp³-hybridized carbons (Fsp3) is 0.667. The van der Waals surface area contributed by atoms with Crippen LogP contribution in [0.25, 0.3) is 0 Å². The smallest absolute Gasteiger partial charge is 0.245 e. The van der Waals surface area contributed by atoms with Crippen molar-refractivity contribution in [2.24, 2.45) is 0 Å². The zero-order chi connectivity index (χ0) is 15.4. The summed E-state index contributed by atoms with van der Waals surface area (Å²) in [5, 5.41) is 8.98. The van der Waals surface area contributed by atoms with E-state index < -0.39 is 10.0 Å². The van der Waals surface area contributed by atoms with E-state index in [4.69, 9.17) is 9.52 Å². The van der Waals surface area contributed by atoms with Gasteiger partial charge in [-0.25, -0.2) is 13.1 Å². The summed E-state index contributed by atoms with van der Waals surface area (Å²) < 4.78 is 32.3. The first-order valence-electron chi connectivity index (χ1n) is 6.28. The van der Waals surface area contributed by atoms with Crippen molar-refractivity contribution in [2.45, 2.75) is 42.9 Å². The Morgan fingerprint density at radius 2 is 2.05 bits per heavy atom. The molecule has 0 saturated carbocycles. The normalized spacial score (nSPS) is 12.8. The number of rotatable bonds is 8. The second-order valence-electron chi connectivity index (χ2n) is 4.43. The molecule has 0 radical (unpaired) electrons. The number of aliphatic hydroxyl groups excluding tert-OH is 1. The van der Waals surface area contributed by atoms with E-state index in [1.165, 1.54) is 6.07 Å². The summed E-state index contributed by atoms with van der Waals surface area (Å²) in [7, 11) is -3.66. The van der Waals surface area contributed by atoms with Crippen molar-refractivity contribution in [2.75, 3.05) is 12.8 Å². The number of thioether (sulfide) groups is 1. The molecule has 0 amide bonds. The Morgan fingerprint density at radius 3 is 2.45 bits per heavy atom. The van der Waals surface area contributed by atoms with Gasteiger partial charge in [0.1, 0.15) is 17.3 Å². The van der Waals surface area contributed by atoms with Gasteiger partial charge in [-0.3, -0.25) is 0 Å². The molecule has 116 valence electrons. The maximum absolute atomic E-state index is 12.3. The molecule has 0 saturated heterocycles. The number of furan rings is 1. The monoisotopic (exact) mass is 385 g/mol. The number of sulfonamides is 1. The van der Waals surface area contributed by atoms with E-state index in [0.29, 0.717) is 6.54 Å². The molecule has 20 heavy (non-hydrogen) atoms. The van der Waals surface area contributed by atoms with E-state index in [1.54, 1.807) is 11.8 Å². The standard InChI is InChI=1S/C12H20BrNO4S2/c1-4-12(5-2,19-3)8-14-20(16,17)10-6-9(7-15)18-11(10)13/h6,14-15H,4-5,7-8H2,1-3H3. The molecule has 5 nitrogen and oxygen atoms in total. The summed E-state index contributed by atoms with van der Waals surface area (Å²) in [6.07, 6.45) is 3.74. The summed E-state index contributed by atoms with van der Waals surface area (Å²) >= 11 is 4.73. The van der Waals surface area contributed by atoms with Crippen LogP contribution in [0, 0.1) is 0 Å². The van der Waals surface area contributed by atoms with Gasteiger partial charge in [-0.15, -0.1) is 0 Å². The van der Waals surface area contributed by atoms with Gasteiger partial charge >= 0.3 is 0 Å². The summed E-state index contributed by atoms with van der Waals surface area (Å²) in [4.78, 5) is 0.0174. The second kappa shape index (κ2) is 7.31. The Kier molecular flexibility index (Phi) is 6.59. The third-order valence-corrected chi connectivity index (χ3v) is 7.30. The topological polar surface area (TPSA) is 79.5 Å². The van der Waals surface area contributed by atoms with Gasteiger partial charge in [-0.2, -0.15) is 11.8 Å². The molecule has 1 heterocycles. The highest BCUT2D eigenvalue weighted by Gasteiger charge is 2.29. The average Bonchev–Trinajstić information content (AvgIpc) is 2.83. The average molecular weight is 386 g/mol. The van der Waals surface area contributed by atoms with E-state index >= 15 is 0 Å². The number of nitrogens with one attached hydrogen (secondary N) is 1. The summed E-state index contributed by atoms with van der Waals surface area (Å²) in [5.41, 5.74) is 0. The largest absolute Gasteiger partial charge is 0.450 e. The highest BCUT2D eigenvalue weighted by Crippen LogP contribution is 2.31. The Balaban J connectivity index is 2.92. The minimum atomic E-state index is -3.66. The van der Waals surface area contributed by atoms with Crippen molar-refractivity contribution in [3.63, 3.8) is 0 Å². The third kappa shape index (κ3) is 4.00. The summed E-state index contributed by atoms with van der Waals surface area (Å²) in [6, 6.07) is 1.32. The van der Waals surface area contributed by atoms with Crippen LogP contribution < -0.4 is 4.72 Å². The van der Waals surface area contributed by atoms with Crippen LogP contribution in [-0.2, 0) is 16.6 Å². The van der Waals surface area contributed by atoms with E-state index in [2.05, 4.69) is 20.7 Å². The highest BCUT2D eigenvalue weighted by molar-refractivity contribution is 9.10. The molecule has 0 spiro atoms. The number of hydrogen-bond acceptors (Lipinski definition) is 5. The molecule has 1 rings (SSSR count). The molecule has 0 unspecified atom stereocenters. The van der Waals surface area contributed by atoms with Crippen LogP contribution in [0.4, 0.5) is 0 Å². The quantitative estimate of drug-likeness (QED) is 0.718. The van der Waals surface area contributed by atoms with Crippen LogP contribution in [0.2, 0.25) is 0 Å². The van der Waals surface area contributed by atoms with E-state index in [9.17, 15) is 8.42 Å². The highest BCUT2D eigenvalue weighted by atomic mass is 79.9. The Morgan fingerprint density at radius 1 is 1.45 bits per heavy atom. The maximum Gasteiger partial charge on any atom is 0.245 e. The summed E-state index contributed by atoms with van der Waals surface area (Å²) in [6.45, 7) is 4.11. The first-order chi connectivity index (χ1) is 9.34. The molecular formula is C12H20BrNO4S2. The zero-order valence-corrected chi connectivity index (χ0v) is 15.0. The summed E-state index contributed by atoms with van der Waals surface area (Å²) in [5.74, 6) is 0.208. The molecular weight excluding hydrogens is 366 g/mol. The zero-order valence-electron chi connectivity index (χ0n) is 11.8. The van der Waals surface area contributed by atoms with Crippen molar-refractivity contribution >= 4 is 37.7 Å². The van der Waals surface area contributed by atoms with Gasteiger partial charge in [0.05, 0.1) is 0 Å². The molecule has 8 heteroatoms. The van der Waals surface area contributed by atoms with Crippen molar-refractivity contribution < 1.29 is 17.9 Å². The predicted molar refractivity (Wildman–Crippen MR) is 84.3 cm³/mol. The van der Waals surface area contributed by atoms with Crippen LogP contribution >= 0.6 is 27.7 Å². The van der Waals surface area contributed by atoms with Crippen LogP contribution in [0.3, 0.4) is 0 Å². The fourth-order valence-corrected chi connectivity index (χ4v) is 4.83. The van der Waals surface area contributed by atoms with Crippen molar-refractivity contribution in [3.05, 3.63) is 16.5 Å². The Hall–Kier alpha value is -0.0200. The maximum atomic E-state index is 12.3. The number of halogens is 1. The number of aliphatic hydroxyl groups is 1. The van der Waals surface area contributed by atoms with Crippen LogP contribution in [0.15, 0.2) is 20.0 Å². The Labute approximate surface area is 132 Å². The number of hydrogen-bond donors (Lipinski definition) is 2. The molecule has 0 aliphatic rings. The lowest BCUT2D eigenvalue weighted by Crippen LogP contribution is -2.39. The molecule has 0 bridgehead atoms. The van der Waals surface area contributed by atoms with Gasteiger partial charge in [0, 0.05) is 17.4 Å². The molecule has 0 aromatic carbocycles. The van der Waals surface area contributed by atoms with Gasteiger partial charge < -0.3 is 9.52 Å². The molecule has 0 aliphatic carbocycles. The van der Waals surface area contributed by atoms with Gasteiger partial charge in [0.25, 0.3) is 0 Å². The van der Waals surface area contributed by atoms with Crippen molar-refractivity contribution in [3.8, 4) is 0 Å². The minimum absolute atomic E-state index is 0.0174. The third-order valence-electron chi connectivity index (χ3n) is 3.46. The van der Waals surface area contributed by atoms with Crippen molar-refractivity contribution in [1.82, 2.24) is 4.72 Å². The second-order valence-corrected chi connectivity index (χ2v) is 8.16. The lowest BCUT2D eigenvalue weighted by molar-refractivity contribution is 0.245. The molecule has 0 fully saturated rings.